The first kappa shape index (κ1) is 14.3. The van der Waals surface area contributed by atoms with Crippen LogP contribution in [0.25, 0.3) is 0 Å². The Balaban J connectivity index is 2.09. The lowest BCUT2D eigenvalue weighted by Crippen LogP contribution is -2.42. The van der Waals surface area contributed by atoms with E-state index < -0.39 is 0 Å². The van der Waals surface area contributed by atoms with Gasteiger partial charge in [-0.3, -0.25) is 0 Å². The minimum Gasteiger partial charge on any atom is -0.352 e. The zero-order valence-corrected chi connectivity index (χ0v) is 12.9. The summed E-state index contributed by atoms with van der Waals surface area (Å²) in [6.07, 6.45) is 11.7. The molecule has 0 aromatic rings. The Kier molecular flexibility index (Phi) is 5.05. The molecule has 0 aromatic heterocycles. The third-order valence-electron chi connectivity index (χ3n) is 4.03. The van der Waals surface area contributed by atoms with Gasteiger partial charge in [0.2, 0.25) is 0 Å². The molecule has 0 amide bonds. The predicted octanol–water partition coefficient (Wildman–Crippen LogP) is 4.21. The zero-order valence-electron chi connectivity index (χ0n) is 11.3. The van der Waals surface area contributed by atoms with Crippen molar-refractivity contribution in [1.82, 2.24) is 0 Å². The van der Waals surface area contributed by atoms with Gasteiger partial charge >= 0.3 is 0 Å². The van der Waals surface area contributed by atoms with Gasteiger partial charge < -0.3 is 9.47 Å². The van der Waals surface area contributed by atoms with Gasteiger partial charge in [0.1, 0.15) is 0 Å². The SMILES string of the molecule is CCOC(CBr)O[C@@H]1CCCC2=CCC=C[C@@]21C. The largest absolute Gasteiger partial charge is 0.352 e. The van der Waals surface area contributed by atoms with Crippen LogP contribution in [0, 0.1) is 5.41 Å². The van der Waals surface area contributed by atoms with Gasteiger partial charge in [-0.05, 0) is 39.5 Å². The van der Waals surface area contributed by atoms with Gasteiger partial charge in [0, 0.05) is 12.0 Å². The summed E-state index contributed by atoms with van der Waals surface area (Å²) in [4.78, 5) is 0. The summed E-state index contributed by atoms with van der Waals surface area (Å²) < 4.78 is 11.8. The number of fused-ring (bicyclic) bond motifs is 1. The predicted molar refractivity (Wildman–Crippen MR) is 77.9 cm³/mol. The average molecular weight is 315 g/mol. The molecule has 2 nitrogen and oxygen atoms in total. The summed E-state index contributed by atoms with van der Waals surface area (Å²) in [6, 6.07) is 0. The molecular weight excluding hydrogens is 292 g/mol. The van der Waals surface area contributed by atoms with E-state index in [0.29, 0.717) is 6.61 Å². The van der Waals surface area contributed by atoms with E-state index in [-0.39, 0.29) is 17.8 Å². The molecule has 2 aliphatic rings. The Morgan fingerprint density at radius 1 is 1.56 bits per heavy atom. The van der Waals surface area contributed by atoms with Crippen molar-refractivity contribution in [3.05, 3.63) is 23.8 Å². The van der Waals surface area contributed by atoms with Crippen LogP contribution in [0.1, 0.15) is 39.5 Å². The highest BCUT2D eigenvalue weighted by Crippen LogP contribution is 2.46. The molecule has 0 radical (unpaired) electrons. The van der Waals surface area contributed by atoms with Crippen LogP contribution >= 0.6 is 15.9 Å². The van der Waals surface area contributed by atoms with Crippen LogP contribution in [-0.4, -0.2) is 24.3 Å². The normalized spacial score (nSPS) is 32.8. The molecule has 1 saturated carbocycles. The molecule has 0 aromatic carbocycles. The van der Waals surface area contributed by atoms with Gasteiger partial charge in [-0.2, -0.15) is 0 Å². The third kappa shape index (κ3) is 2.89. The Hall–Kier alpha value is -0.120. The highest BCUT2D eigenvalue weighted by molar-refractivity contribution is 9.09. The van der Waals surface area contributed by atoms with Crippen molar-refractivity contribution in [1.29, 1.82) is 0 Å². The van der Waals surface area contributed by atoms with Gasteiger partial charge in [0.05, 0.1) is 11.4 Å². The first-order chi connectivity index (χ1) is 8.70. The van der Waals surface area contributed by atoms with Crippen LogP contribution in [-0.2, 0) is 9.47 Å². The molecule has 0 bridgehead atoms. The Labute approximate surface area is 119 Å². The van der Waals surface area contributed by atoms with Crippen LogP contribution in [0.2, 0.25) is 0 Å². The Bertz CT molecular complexity index is 337. The molecule has 1 fully saturated rings. The highest BCUT2D eigenvalue weighted by Gasteiger charge is 2.40. The summed E-state index contributed by atoms with van der Waals surface area (Å²) in [6.45, 7) is 5.00. The van der Waals surface area contributed by atoms with Crippen LogP contribution in [0.15, 0.2) is 23.8 Å². The van der Waals surface area contributed by atoms with Crippen molar-refractivity contribution in [3.63, 3.8) is 0 Å². The summed E-state index contributed by atoms with van der Waals surface area (Å²) in [5.41, 5.74) is 1.62. The number of hydrogen-bond acceptors (Lipinski definition) is 2. The second kappa shape index (κ2) is 6.36. The fourth-order valence-corrected chi connectivity index (χ4v) is 3.35. The lowest BCUT2D eigenvalue weighted by atomic mass is 9.67. The Morgan fingerprint density at radius 3 is 3.11 bits per heavy atom. The molecule has 0 N–H and O–H groups in total. The number of hydrogen-bond donors (Lipinski definition) is 0. The number of ether oxygens (including phenoxy) is 2. The van der Waals surface area contributed by atoms with Gasteiger partial charge in [-0.25, -0.2) is 0 Å². The van der Waals surface area contributed by atoms with Crippen molar-refractivity contribution in [2.45, 2.75) is 51.9 Å². The number of rotatable bonds is 5. The van der Waals surface area contributed by atoms with E-state index in [4.69, 9.17) is 9.47 Å². The van der Waals surface area contributed by atoms with Crippen LogP contribution < -0.4 is 0 Å². The first-order valence-electron chi connectivity index (χ1n) is 6.91. The van der Waals surface area contributed by atoms with Crippen molar-refractivity contribution in [2.24, 2.45) is 5.41 Å². The smallest absolute Gasteiger partial charge is 0.167 e. The zero-order chi connectivity index (χ0) is 13.0. The summed E-state index contributed by atoms with van der Waals surface area (Å²) in [5.74, 6) is 0. The van der Waals surface area contributed by atoms with Crippen LogP contribution in [0.3, 0.4) is 0 Å². The summed E-state index contributed by atoms with van der Waals surface area (Å²) >= 11 is 3.47. The lowest BCUT2D eigenvalue weighted by Gasteiger charge is -2.44. The van der Waals surface area contributed by atoms with Gasteiger partial charge in [0.25, 0.3) is 0 Å². The monoisotopic (exact) mass is 314 g/mol. The van der Waals surface area contributed by atoms with Crippen molar-refractivity contribution in [3.8, 4) is 0 Å². The first-order valence-corrected chi connectivity index (χ1v) is 8.03. The van der Waals surface area contributed by atoms with Crippen LogP contribution in [0.5, 0.6) is 0 Å². The molecule has 1 unspecified atom stereocenters. The lowest BCUT2D eigenvalue weighted by molar-refractivity contribution is -0.176. The Morgan fingerprint density at radius 2 is 2.39 bits per heavy atom. The summed E-state index contributed by atoms with van der Waals surface area (Å²) in [7, 11) is 0. The standard InChI is InChI=1S/C15H23BrO2/c1-3-17-14(11-16)18-13-9-6-8-12-7-4-5-10-15(12,13)2/h5,7,10,13-14H,3-4,6,8-9,11H2,1-2H3/t13-,14?,15+/m1/s1. The van der Waals surface area contributed by atoms with Gasteiger partial charge in [-0.1, -0.05) is 39.7 Å². The molecule has 3 atom stereocenters. The van der Waals surface area contributed by atoms with E-state index in [1.165, 1.54) is 12.8 Å². The molecule has 18 heavy (non-hydrogen) atoms. The molecule has 3 heteroatoms. The minimum absolute atomic E-state index is 0.0774. The van der Waals surface area contributed by atoms with E-state index >= 15 is 0 Å². The van der Waals surface area contributed by atoms with Crippen molar-refractivity contribution in [2.75, 3.05) is 11.9 Å². The molecular formula is C15H23BrO2. The fourth-order valence-electron chi connectivity index (χ4n) is 3.01. The molecule has 0 saturated heterocycles. The topological polar surface area (TPSA) is 18.5 Å². The highest BCUT2D eigenvalue weighted by atomic mass is 79.9. The maximum atomic E-state index is 6.19. The molecule has 0 spiro atoms. The number of halogens is 1. The second-order valence-corrected chi connectivity index (χ2v) is 5.85. The molecule has 2 rings (SSSR count). The second-order valence-electron chi connectivity index (χ2n) is 5.21. The maximum Gasteiger partial charge on any atom is 0.167 e. The maximum absolute atomic E-state index is 6.19. The van der Waals surface area contributed by atoms with Crippen molar-refractivity contribution >= 4 is 15.9 Å². The average Bonchev–Trinajstić information content (AvgIpc) is 2.38. The minimum atomic E-state index is -0.133. The van der Waals surface area contributed by atoms with E-state index in [9.17, 15) is 0 Å². The molecule has 0 aliphatic heterocycles. The van der Waals surface area contributed by atoms with Crippen molar-refractivity contribution < 1.29 is 9.47 Å². The quantitative estimate of drug-likeness (QED) is 0.430. The fraction of sp³-hybridized carbons (Fsp3) is 0.733. The third-order valence-corrected chi connectivity index (χ3v) is 4.56. The molecule has 0 heterocycles. The molecule has 102 valence electrons. The molecule has 2 aliphatic carbocycles. The van der Waals surface area contributed by atoms with Crippen LogP contribution in [0.4, 0.5) is 0 Å². The number of allylic oxidation sites excluding steroid dienone is 2. The van der Waals surface area contributed by atoms with E-state index in [1.807, 2.05) is 6.92 Å². The summed E-state index contributed by atoms with van der Waals surface area (Å²) in [5, 5.41) is 0.732. The number of alkyl halides is 1. The van der Waals surface area contributed by atoms with E-state index in [0.717, 1.165) is 18.2 Å². The van der Waals surface area contributed by atoms with E-state index in [1.54, 1.807) is 5.57 Å². The van der Waals surface area contributed by atoms with Gasteiger partial charge in [-0.15, -0.1) is 0 Å². The van der Waals surface area contributed by atoms with E-state index in [2.05, 4.69) is 41.1 Å². The van der Waals surface area contributed by atoms with Gasteiger partial charge in [0.15, 0.2) is 6.29 Å².